The van der Waals surface area contributed by atoms with Crippen molar-refractivity contribution in [1.29, 1.82) is 0 Å². The summed E-state index contributed by atoms with van der Waals surface area (Å²) >= 11 is 0. The van der Waals surface area contributed by atoms with E-state index in [1.165, 1.54) is 23.2 Å². The molecule has 3 heterocycles. The minimum absolute atomic E-state index is 0.145. The molecule has 3 aromatic heterocycles. The lowest BCUT2D eigenvalue weighted by atomic mass is 10.0. The first-order valence-corrected chi connectivity index (χ1v) is 13.9. The first kappa shape index (κ1) is 28.3. The molecule has 4 rings (SSSR count). The lowest BCUT2D eigenvalue weighted by molar-refractivity contribution is -0.113. The molecule has 0 aliphatic carbocycles. The maximum absolute atomic E-state index is 14.1. The van der Waals surface area contributed by atoms with Gasteiger partial charge < -0.3 is 9.47 Å². The number of fused-ring (bicyclic) bond motifs is 1. The van der Waals surface area contributed by atoms with E-state index in [1.807, 2.05) is 30.3 Å². The summed E-state index contributed by atoms with van der Waals surface area (Å²) in [5.74, 6) is -0.855. The fraction of sp³-hybridized carbons (Fsp3) is 0.250. The molecule has 0 saturated heterocycles. The van der Waals surface area contributed by atoms with Crippen molar-refractivity contribution in [3.63, 3.8) is 0 Å². The van der Waals surface area contributed by atoms with Gasteiger partial charge in [-0.15, -0.1) is 0 Å². The highest BCUT2D eigenvalue weighted by Gasteiger charge is 2.30. The fourth-order valence-corrected chi connectivity index (χ4v) is 5.48. The zero-order chi connectivity index (χ0) is 28.2. The van der Waals surface area contributed by atoms with Crippen molar-refractivity contribution >= 4 is 30.5 Å². The molecule has 1 amide bonds. The van der Waals surface area contributed by atoms with Gasteiger partial charge in [0.15, 0.2) is 0 Å². The van der Waals surface area contributed by atoms with Crippen LogP contribution in [0, 0.1) is 5.95 Å². The van der Waals surface area contributed by atoms with Crippen LogP contribution in [0.2, 0.25) is 0 Å². The standard InChI is InChI=1S/C28H30FN4O5P/c1-6-27(34)32(5)23-11-9-10-20(14-23)22-15-24-25(21-12-13-30-26(29)16-21)18-33(28(24)31-17-22)19(4)38-39(35,36-7-2)37-8-3/h6,9-19H,1,7-8H2,2-5H3. The molecule has 1 unspecified atom stereocenters. The van der Waals surface area contributed by atoms with Crippen molar-refractivity contribution in [3.05, 3.63) is 79.7 Å². The van der Waals surface area contributed by atoms with Gasteiger partial charge in [0, 0.05) is 53.9 Å². The second-order valence-corrected chi connectivity index (χ2v) is 10.2. The molecule has 9 nitrogen and oxygen atoms in total. The number of halogens is 1. The largest absolute Gasteiger partial charge is 0.476 e. The number of rotatable bonds is 11. The van der Waals surface area contributed by atoms with Gasteiger partial charge in [-0.05, 0) is 62.2 Å². The van der Waals surface area contributed by atoms with Gasteiger partial charge in [-0.2, -0.15) is 4.39 Å². The Labute approximate surface area is 226 Å². The van der Waals surface area contributed by atoms with Gasteiger partial charge in [0.1, 0.15) is 11.9 Å². The van der Waals surface area contributed by atoms with Crippen LogP contribution in [0.3, 0.4) is 0 Å². The molecule has 4 aromatic rings. The number of likely N-dealkylation sites (N-methyl/N-ethyl adjacent to an activating group) is 1. The molecular formula is C28H30FN4O5P. The third kappa shape index (κ3) is 6.15. The van der Waals surface area contributed by atoms with Crippen LogP contribution in [-0.2, 0) is 22.9 Å². The molecule has 39 heavy (non-hydrogen) atoms. The second kappa shape index (κ2) is 12.0. The summed E-state index contributed by atoms with van der Waals surface area (Å²) in [5, 5.41) is 0.706. The van der Waals surface area contributed by atoms with E-state index in [0.717, 1.165) is 11.1 Å². The third-order valence-electron chi connectivity index (χ3n) is 6.03. The number of aromatic nitrogens is 3. The zero-order valence-corrected chi connectivity index (χ0v) is 23.1. The Hall–Kier alpha value is -3.69. The third-order valence-corrected chi connectivity index (χ3v) is 7.74. The number of amides is 1. The number of benzene rings is 1. The monoisotopic (exact) mass is 552 g/mol. The van der Waals surface area contributed by atoms with Crippen molar-refractivity contribution in [2.24, 2.45) is 0 Å². The highest BCUT2D eigenvalue weighted by molar-refractivity contribution is 7.48. The van der Waals surface area contributed by atoms with E-state index in [4.69, 9.17) is 18.6 Å². The average Bonchev–Trinajstić information content (AvgIpc) is 3.31. The Balaban J connectivity index is 1.84. The number of carbonyl (C=O) groups is 1. The number of hydrogen-bond acceptors (Lipinski definition) is 7. The number of phosphoric ester groups is 1. The van der Waals surface area contributed by atoms with Crippen LogP contribution >= 0.6 is 7.82 Å². The fourth-order valence-electron chi connectivity index (χ4n) is 4.18. The Morgan fingerprint density at radius 1 is 1.13 bits per heavy atom. The molecule has 1 atom stereocenters. The van der Waals surface area contributed by atoms with Crippen LogP contribution in [0.15, 0.2) is 73.7 Å². The molecule has 0 aliphatic heterocycles. The van der Waals surface area contributed by atoms with Gasteiger partial charge in [-0.25, -0.2) is 14.5 Å². The first-order valence-electron chi connectivity index (χ1n) is 12.4. The predicted octanol–water partition coefficient (Wildman–Crippen LogP) is 6.77. The molecule has 0 aliphatic rings. The van der Waals surface area contributed by atoms with Crippen molar-refractivity contribution < 1.29 is 27.3 Å². The quantitative estimate of drug-likeness (QED) is 0.115. The van der Waals surface area contributed by atoms with Crippen LogP contribution in [0.1, 0.15) is 27.0 Å². The van der Waals surface area contributed by atoms with Gasteiger partial charge in [-0.1, -0.05) is 18.7 Å². The van der Waals surface area contributed by atoms with Crippen molar-refractivity contribution in [1.82, 2.24) is 14.5 Å². The van der Waals surface area contributed by atoms with E-state index in [1.54, 1.807) is 50.8 Å². The molecule has 0 radical (unpaired) electrons. The smallest absolute Gasteiger partial charge is 0.312 e. The number of pyridine rings is 2. The number of hydrogen-bond donors (Lipinski definition) is 0. The summed E-state index contributed by atoms with van der Waals surface area (Å²) in [6.07, 6.45) is 5.30. The molecule has 0 N–H and O–H groups in total. The Kier molecular flexibility index (Phi) is 8.72. The highest BCUT2D eigenvalue weighted by atomic mass is 31.2. The Morgan fingerprint density at radius 3 is 2.54 bits per heavy atom. The van der Waals surface area contributed by atoms with Gasteiger partial charge in [-0.3, -0.25) is 18.4 Å². The first-order chi connectivity index (χ1) is 18.7. The maximum Gasteiger partial charge on any atom is 0.476 e. The maximum atomic E-state index is 14.1. The summed E-state index contributed by atoms with van der Waals surface area (Å²) in [6, 6.07) is 12.4. The normalized spacial score (nSPS) is 12.4. The molecule has 0 saturated carbocycles. The summed E-state index contributed by atoms with van der Waals surface area (Å²) in [5.41, 5.74) is 4.07. The van der Waals surface area contributed by atoms with E-state index in [2.05, 4.69) is 11.6 Å². The molecule has 1 aromatic carbocycles. The lowest BCUT2D eigenvalue weighted by Gasteiger charge is -2.22. The molecule has 0 bridgehead atoms. The van der Waals surface area contributed by atoms with Crippen LogP contribution < -0.4 is 4.90 Å². The number of nitrogens with zero attached hydrogens (tertiary/aromatic N) is 4. The number of carbonyl (C=O) groups excluding carboxylic acids is 1. The lowest BCUT2D eigenvalue weighted by Crippen LogP contribution is -2.23. The summed E-state index contributed by atoms with van der Waals surface area (Å²) in [6.45, 7) is 8.94. The number of anilines is 1. The van der Waals surface area contributed by atoms with Crippen LogP contribution in [-0.4, -0.2) is 40.7 Å². The summed E-state index contributed by atoms with van der Waals surface area (Å²) in [4.78, 5) is 22.0. The van der Waals surface area contributed by atoms with Crippen molar-refractivity contribution in [3.8, 4) is 22.3 Å². The SMILES string of the molecule is C=CC(=O)N(C)c1cccc(-c2cnc3c(c2)c(-c2ccnc(F)c2)cn3C(C)OP(=O)(OCC)OCC)c1. The van der Waals surface area contributed by atoms with Gasteiger partial charge in [0.05, 0.1) is 13.2 Å². The Bertz CT molecular complexity index is 1550. The molecule has 0 spiro atoms. The molecular weight excluding hydrogens is 522 g/mol. The molecule has 0 fully saturated rings. The Morgan fingerprint density at radius 2 is 1.87 bits per heavy atom. The van der Waals surface area contributed by atoms with E-state index >= 15 is 0 Å². The van der Waals surface area contributed by atoms with E-state index in [9.17, 15) is 13.8 Å². The van der Waals surface area contributed by atoms with Crippen LogP contribution in [0.25, 0.3) is 33.3 Å². The second-order valence-electron chi connectivity index (χ2n) is 8.55. The zero-order valence-electron chi connectivity index (χ0n) is 22.2. The van der Waals surface area contributed by atoms with Crippen LogP contribution in [0.4, 0.5) is 10.1 Å². The van der Waals surface area contributed by atoms with Crippen molar-refractivity contribution in [2.45, 2.75) is 27.0 Å². The molecule has 204 valence electrons. The summed E-state index contributed by atoms with van der Waals surface area (Å²) in [7, 11) is -2.16. The van der Waals surface area contributed by atoms with Gasteiger partial charge in [0.2, 0.25) is 11.9 Å². The highest BCUT2D eigenvalue weighted by Crippen LogP contribution is 2.52. The molecule has 11 heteroatoms. The van der Waals surface area contributed by atoms with E-state index in [0.29, 0.717) is 27.8 Å². The van der Waals surface area contributed by atoms with Gasteiger partial charge in [0.25, 0.3) is 0 Å². The average molecular weight is 553 g/mol. The van der Waals surface area contributed by atoms with Crippen LogP contribution in [0.5, 0.6) is 0 Å². The summed E-state index contributed by atoms with van der Waals surface area (Å²) < 4.78 is 45.2. The minimum atomic E-state index is -3.83. The topological polar surface area (TPSA) is 95.8 Å². The van der Waals surface area contributed by atoms with E-state index in [-0.39, 0.29) is 19.1 Å². The predicted molar refractivity (Wildman–Crippen MR) is 149 cm³/mol. The van der Waals surface area contributed by atoms with Gasteiger partial charge >= 0.3 is 7.82 Å². The van der Waals surface area contributed by atoms with Crippen molar-refractivity contribution in [2.75, 3.05) is 25.2 Å². The van der Waals surface area contributed by atoms with E-state index < -0.39 is 20.0 Å². The number of phosphoric acid groups is 1. The minimum Gasteiger partial charge on any atom is -0.312 e.